The van der Waals surface area contributed by atoms with Crippen LogP contribution in [-0.4, -0.2) is 0 Å². The van der Waals surface area contributed by atoms with E-state index in [0.29, 0.717) is 12.1 Å². The van der Waals surface area contributed by atoms with Crippen molar-refractivity contribution in [3.63, 3.8) is 0 Å². The normalized spacial score (nSPS) is 24.9. The zero-order valence-electron chi connectivity index (χ0n) is 9.69. The number of rotatable bonds is 0. The summed E-state index contributed by atoms with van der Waals surface area (Å²) in [4.78, 5) is 0. The summed E-state index contributed by atoms with van der Waals surface area (Å²) in [6, 6.07) is 18.8. The predicted molar refractivity (Wildman–Crippen MR) is 68.9 cm³/mol. The monoisotopic (exact) mass is 221 g/mol. The maximum Gasteiger partial charge on any atom is 0.0369 e. The first-order valence-corrected chi connectivity index (χ1v) is 6.33. The molecule has 0 radical (unpaired) electrons. The summed E-state index contributed by atoms with van der Waals surface area (Å²) in [7, 11) is 0. The van der Waals surface area contributed by atoms with Crippen LogP contribution in [0.25, 0.3) is 0 Å². The Kier molecular flexibility index (Phi) is 1.91. The topological polar surface area (TPSA) is 12.0 Å². The van der Waals surface area contributed by atoms with Crippen molar-refractivity contribution >= 4 is 0 Å². The molecule has 2 bridgehead atoms. The third-order valence-electron chi connectivity index (χ3n) is 4.12. The lowest BCUT2D eigenvalue weighted by atomic mass is 9.89. The third kappa shape index (κ3) is 1.36. The SMILES string of the molecule is c1ccc2c(c1)C[C@@H]1N[C@H](C2)c2ccccc21. The highest BCUT2D eigenvalue weighted by Crippen LogP contribution is 2.40. The van der Waals surface area contributed by atoms with Crippen LogP contribution in [0.4, 0.5) is 0 Å². The van der Waals surface area contributed by atoms with Crippen LogP contribution in [0, 0.1) is 0 Å². The minimum absolute atomic E-state index is 0.514. The van der Waals surface area contributed by atoms with Crippen LogP contribution >= 0.6 is 0 Å². The molecule has 2 aliphatic rings. The molecule has 0 spiro atoms. The fourth-order valence-corrected chi connectivity index (χ4v) is 3.30. The van der Waals surface area contributed by atoms with Gasteiger partial charge in [0.1, 0.15) is 0 Å². The van der Waals surface area contributed by atoms with Crippen molar-refractivity contribution in [2.24, 2.45) is 0 Å². The highest BCUT2D eigenvalue weighted by molar-refractivity contribution is 5.43. The molecule has 2 atom stereocenters. The summed E-state index contributed by atoms with van der Waals surface area (Å²) in [6.07, 6.45) is 2.26. The minimum atomic E-state index is 0.514. The standard InChI is InChI=1S/C16H15N/c1-2-6-12-10-16-14-8-4-3-7-13(14)15(17-16)9-11(12)5-1/h1-8,15-17H,9-10H2/t15-,16+. The molecule has 0 unspecified atom stereocenters. The summed E-state index contributed by atoms with van der Waals surface area (Å²) in [6.45, 7) is 0. The Bertz CT molecular complexity index is 523. The molecule has 1 heteroatoms. The molecular formula is C16H15N. The van der Waals surface area contributed by atoms with Gasteiger partial charge in [0.15, 0.2) is 0 Å². The van der Waals surface area contributed by atoms with Gasteiger partial charge in [-0.2, -0.15) is 0 Å². The Morgan fingerprint density at radius 2 is 1.18 bits per heavy atom. The van der Waals surface area contributed by atoms with E-state index in [-0.39, 0.29) is 0 Å². The molecule has 84 valence electrons. The summed E-state index contributed by atoms with van der Waals surface area (Å²) in [5.41, 5.74) is 6.04. The number of hydrogen-bond acceptors (Lipinski definition) is 1. The second-order valence-electron chi connectivity index (χ2n) is 5.08. The molecule has 2 aromatic rings. The fourth-order valence-electron chi connectivity index (χ4n) is 3.30. The molecule has 17 heavy (non-hydrogen) atoms. The van der Waals surface area contributed by atoms with Crippen molar-refractivity contribution in [3.05, 3.63) is 70.8 Å². The van der Waals surface area contributed by atoms with Gasteiger partial charge in [0, 0.05) is 12.1 Å². The van der Waals surface area contributed by atoms with Gasteiger partial charge in [-0.05, 0) is 35.1 Å². The van der Waals surface area contributed by atoms with Crippen LogP contribution in [-0.2, 0) is 12.8 Å². The average Bonchev–Trinajstić information content (AvgIpc) is 2.59. The van der Waals surface area contributed by atoms with Crippen molar-refractivity contribution in [2.75, 3.05) is 0 Å². The second-order valence-corrected chi connectivity index (χ2v) is 5.08. The first kappa shape index (κ1) is 9.43. The Morgan fingerprint density at radius 1 is 0.706 bits per heavy atom. The van der Waals surface area contributed by atoms with Gasteiger partial charge in [-0.25, -0.2) is 0 Å². The van der Waals surface area contributed by atoms with E-state index in [4.69, 9.17) is 0 Å². The smallest absolute Gasteiger partial charge is 0.0369 e. The number of fused-ring (bicyclic) bond motifs is 6. The molecule has 0 amide bonds. The zero-order valence-corrected chi connectivity index (χ0v) is 9.69. The number of nitrogens with one attached hydrogen (secondary N) is 1. The van der Waals surface area contributed by atoms with Crippen molar-refractivity contribution in [1.82, 2.24) is 5.32 Å². The minimum Gasteiger partial charge on any atom is -0.302 e. The van der Waals surface area contributed by atoms with Gasteiger partial charge in [-0.15, -0.1) is 0 Å². The Hall–Kier alpha value is -1.60. The first-order valence-electron chi connectivity index (χ1n) is 6.33. The van der Waals surface area contributed by atoms with E-state index in [1.54, 1.807) is 0 Å². The molecule has 0 saturated carbocycles. The van der Waals surface area contributed by atoms with Gasteiger partial charge in [0.05, 0.1) is 0 Å². The van der Waals surface area contributed by atoms with Gasteiger partial charge < -0.3 is 5.32 Å². The largest absolute Gasteiger partial charge is 0.302 e. The third-order valence-corrected chi connectivity index (χ3v) is 4.12. The van der Waals surface area contributed by atoms with Crippen LogP contribution < -0.4 is 5.32 Å². The molecule has 0 saturated heterocycles. The predicted octanol–water partition coefficient (Wildman–Crippen LogP) is 3.17. The van der Waals surface area contributed by atoms with Crippen molar-refractivity contribution in [1.29, 1.82) is 0 Å². The molecule has 2 aromatic carbocycles. The Morgan fingerprint density at radius 3 is 1.71 bits per heavy atom. The lowest BCUT2D eigenvalue weighted by Gasteiger charge is -2.14. The summed E-state index contributed by atoms with van der Waals surface area (Å²) >= 11 is 0. The maximum absolute atomic E-state index is 3.77. The number of hydrogen-bond donors (Lipinski definition) is 1. The van der Waals surface area contributed by atoms with Crippen LogP contribution in [0.5, 0.6) is 0 Å². The van der Waals surface area contributed by atoms with E-state index in [0.717, 1.165) is 12.8 Å². The van der Waals surface area contributed by atoms with Crippen molar-refractivity contribution in [3.8, 4) is 0 Å². The molecule has 1 N–H and O–H groups in total. The zero-order chi connectivity index (χ0) is 11.2. The molecule has 2 heterocycles. The summed E-state index contributed by atoms with van der Waals surface area (Å²) in [5.74, 6) is 0. The van der Waals surface area contributed by atoms with Crippen LogP contribution in [0.3, 0.4) is 0 Å². The highest BCUT2D eigenvalue weighted by atomic mass is 15.0. The number of benzene rings is 2. The van der Waals surface area contributed by atoms with E-state index < -0.39 is 0 Å². The van der Waals surface area contributed by atoms with E-state index in [1.807, 2.05) is 0 Å². The lowest BCUT2D eigenvalue weighted by molar-refractivity contribution is 0.511. The maximum atomic E-state index is 3.77. The lowest BCUT2D eigenvalue weighted by Crippen LogP contribution is -2.17. The average molecular weight is 221 g/mol. The summed E-state index contributed by atoms with van der Waals surface area (Å²) in [5, 5.41) is 3.77. The van der Waals surface area contributed by atoms with E-state index >= 15 is 0 Å². The van der Waals surface area contributed by atoms with E-state index in [2.05, 4.69) is 53.8 Å². The molecule has 2 aliphatic heterocycles. The van der Waals surface area contributed by atoms with E-state index in [9.17, 15) is 0 Å². The van der Waals surface area contributed by atoms with Gasteiger partial charge in [0.25, 0.3) is 0 Å². The molecule has 0 aliphatic carbocycles. The second kappa shape index (κ2) is 3.44. The highest BCUT2D eigenvalue weighted by Gasteiger charge is 2.33. The molecular weight excluding hydrogens is 206 g/mol. The molecule has 1 nitrogen and oxygen atoms in total. The van der Waals surface area contributed by atoms with Crippen molar-refractivity contribution < 1.29 is 0 Å². The van der Waals surface area contributed by atoms with Gasteiger partial charge in [0.2, 0.25) is 0 Å². The van der Waals surface area contributed by atoms with Crippen LogP contribution in [0.1, 0.15) is 34.3 Å². The fraction of sp³-hybridized carbons (Fsp3) is 0.250. The quantitative estimate of drug-likeness (QED) is 0.720. The van der Waals surface area contributed by atoms with E-state index in [1.165, 1.54) is 22.3 Å². The van der Waals surface area contributed by atoms with Gasteiger partial charge >= 0.3 is 0 Å². The van der Waals surface area contributed by atoms with Crippen LogP contribution in [0.15, 0.2) is 48.5 Å². The Balaban J connectivity index is 1.85. The summed E-state index contributed by atoms with van der Waals surface area (Å²) < 4.78 is 0. The molecule has 0 aromatic heterocycles. The van der Waals surface area contributed by atoms with Crippen molar-refractivity contribution in [2.45, 2.75) is 24.9 Å². The van der Waals surface area contributed by atoms with Gasteiger partial charge in [-0.3, -0.25) is 0 Å². The molecule has 0 fully saturated rings. The van der Waals surface area contributed by atoms with Gasteiger partial charge in [-0.1, -0.05) is 48.5 Å². The molecule has 4 rings (SSSR count). The first-order chi connectivity index (χ1) is 8.42. The Labute approximate surface area is 101 Å². The van der Waals surface area contributed by atoms with Crippen LogP contribution in [0.2, 0.25) is 0 Å².